The molecule has 2 aromatic carbocycles. The van der Waals surface area contributed by atoms with Crippen LogP contribution in [0.1, 0.15) is 17.5 Å². The van der Waals surface area contributed by atoms with Crippen LogP contribution in [0.4, 0.5) is 8.78 Å². The summed E-state index contributed by atoms with van der Waals surface area (Å²) >= 11 is 12.1. The van der Waals surface area contributed by atoms with E-state index < -0.39 is 11.6 Å². The molecule has 1 fully saturated rings. The molecule has 1 aliphatic heterocycles. The van der Waals surface area contributed by atoms with Crippen LogP contribution in [0.25, 0.3) is 0 Å². The van der Waals surface area contributed by atoms with Crippen LogP contribution in [0.5, 0.6) is 0 Å². The summed E-state index contributed by atoms with van der Waals surface area (Å²) < 4.78 is 31.7. The zero-order valence-corrected chi connectivity index (χ0v) is 17.4. The molecule has 3 rings (SSSR count). The first kappa shape index (κ1) is 22.0. The quantitative estimate of drug-likeness (QED) is 0.651. The third-order valence-corrected chi connectivity index (χ3v) is 5.83. The van der Waals surface area contributed by atoms with E-state index in [1.165, 1.54) is 19.2 Å². The normalized spacial score (nSPS) is 19.5. The Balaban J connectivity index is 1.60. The van der Waals surface area contributed by atoms with Gasteiger partial charge in [0.05, 0.1) is 17.2 Å². The fourth-order valence-electron chi connectivity index (χ4n) is 3.62. The zero-order chi connectivity index (χ0) is 21.0. The van der Waals surface area contributed by atoms with Crippen molar-refractivity contribution in [2.24, 2.45) is 0 Å². The van der Waals surface area contributed by atoms with E-state index in [0.717, 1.165) is 11.6 Å². The first-order chi connectivity index (χ1) is 13.9. The molecule has 0 aliphatic carbocycles. The number of rotatable bonds is 7. The van der Waals surface area contributed by atoms with Crippen molar-refractivity contribution in [2.75, 3.05) is 20.2 Å². The van der Waals surface area contributed by atoms with Crippen LogP contribution in [0, 0.1) is 11.6 Å². The van der Waals surface area contributed by atoms with Crippen molar-refractivity contribution < 1.29 is 18.3 Å². The molecule has 0 radical (unpaired) electrons. The van der Waals surface area contributed by atoms with Crippen LogP contribution in [0.15, 0.2) is 36.4 Å². The van der Waals surface area contributed by atoms with Crippen molar-refractivity contribution in [3.63, 3.8) is 0 Å². The van der Waals surface area contributed by atoms with Crippen LogP contribution >= 0.6 is 23.2 Å². The van der Waals surface area contributed by atoms with Crippen LogP contribution in [-0.2, 0) is 22.5 Å². The molecule has 0 unspecified atom stereocenters. The predicted molar refractivity (Wildman–Crippen MR) is 109 cm³/mol. The van der Waals surface area contributed by atoms with Gasteiger partial charge in [-0.3, -0.25) is 9.69 Å². The lowest BCUT2D eigenvalue weighted by Gasteiger charge is -2.22. The van der Waals surface area contributed by atoms with Gasteiger partial charge < -0.3 is 10.1 Å². The van der Waals surface area contributed by atoms with E-state index in [1.54, 1.807) is 12.1 Å². The summed E-state index contributed by atoms with van der Waals surface area (Å²) in [4.78, 5) is 14.3. The summed E-state index contributed by atoms with van der Waals surface area (Å²) in [5, 5.41) is 4.31. The molecule has 0 aromatic heterocycles. The number of nitrogens with one attached hydrogen (secondary N) is 1. The van der Waals surface area contributed by atoms with Crippen LogP contribution < -0.4 is 5.32 Å². The van der Waals surface area contributed by atoms with Crippen LogP contribution in [-0.4, -0.2) is 43.2 Å². The summed E-state index contributed by atoms with van der Waals surface area (Å²) in [6.45, 7) is 1.68. The van der Waals surface area contributed by atoms with E-state index in [4.69, 9.17) is 27.9 Å². The number of hydrogen-bond acceptors (Lipinski definition) is 4. The molecule has 1 aliphatic rings. The van der Waals surface area contributed by atoms with E-state index in [0.29, 0.717) is 48.1 Å². The Morgan fingerprint density at radius 2 is 2.00 bits per heavy atom. The van der Waals surface area contributed by atoms with E-state index in [2.05, 4.69) is 5.32 Å². The molecule has 4 nitrogen and oxygen atoms in total. The molecule has 1 saturated heterocycles. The molecule has 0 saturated carbocycles. The lowest BCUT2D eigenvalue weighted by atomic mass is 10.1. The van der Waals surface area contributed by atoms with Gasteiger partial charge in [-0.05, 0) is 48.7 Å². The average molecular weight is 443 g/mol. The number of methoxy groups -OCH3 is 1. The number of hydrogen-bond donors (Lipinski definition) is 1. The smallest absolute Gasteiger partial charge is 0.323 e. The number of carbonyl (C=O) groups excluding carboxylic acids is 1. The van der Waals surface area contributed by atoms with Gasteiger partial charge in [-0.1, -0.05) is 35.3 Å². The number of nitrogens with zero attached hydrogens (tertiary/aromatic N) is 1. The van der Waals surface area contributed by atoms with Gasteiger partial charge in [0.1, 0.15) is 17.7 Å². The van der Waals surface area contributed by atoms with Crippen molar-refractivity contribution in [2.45, 2.75) is 31.5 Å². The molecule has 0 spiro atoms. The van der Waals surface area contributed by atoms with Crippen LogP contribution in [0.2, 0.25) is 10.0 Å². The second-order valence-electron chi connectivity index (χ2n) is 7.09. The lowest BCUT2D eigenvalue weighted by Crippen LogP contribution is -2.36. The molecule has 0 bridgehead atoms. The topological polar surface area (TPSA) is 41.6 Å². The maximum atomic E-state index is 13.8. The Bertz CT molecular complexity index is 882. The molecule has 2 aromatic rings. The highest BCUT2D eigenvalue weighted by molar-refractivity contribution is 6.42. The van der Waals surface area contributed by atoms with Crippen molar-refractivity contribution in [1.29, 1.82) is 0 Å². The number of esters is 1. The molecule has 1 N–H and O–H groups in total. The fraction of sp³-hybridized carbons (Fsp3) is 0.381. The Morgan fingerprint density at radius 3 is 2.69 bits per heavy atom. The number of carbonyl (C=O) groups is 1. The van der Waals surface area contributed by atoms with Crippen molar-refractivity contribution in [3.05, 3.63) is 69.2 Å². The second kappa shape index (κ2) is 9.85. The van der Waals surface area contributed by atoms with E-state index in [9.17, 15) is 13.6 Å². The molecule has 156 valence electrons. The minimum absolute atomic E-state index is 0.0466. The summed E-state index contributed by atoms with van der Waals surface area (Å²) in [7, 11) is 1.37. The number of halogens is 4. The lowest BCUT2D eigenvalue weighted by molar-refractivity contribution is -0.146. The zero-order valence-electron chi connectivity index (χ0n) is 15.9. The highest BCUT2D eigenvalue weighted by Crippen LogP contribution is 2.26. The van der Waals surface area contributed by atoms with E-state index in [1.807, 2.05) is 11.0 Å². The van der Waals surface area contributed by atoms with Gasteiger partial charge in [-0.2, -0.15) is 0 Å². The van der Waals surface area contributed by atoms with Crippen molar-refractivity contribution in [3.8, 4) is 0 Å². The molecule has 2 atom stereocenters. The monoisotopic (exact) mass is 442 g/mol. The molecule has 8 heteroatoms. The first-order valence-corrected chi connectivity index (χ1v) is 10.1. The number of ether oxygens (including phenoxy) is 1. The largest absolute Gasteiger partial charge is 0.468 e. The van der Waals surface area contributed by atoms with Gasteiger partial charge in [0, 0.05) is 25.2 Å². The molecule has 29 heavy (non-hydrogen) atoms. The van der Waals surface area contributed by atoms with Gasteiger partial charge in [-0.15, -0.1) is 0 Å². The Hall–Kier alpha value is -1.73. The van der Waals surface area contributed by atoms with Gasteiger partial charge in [-0.25, -0.2) is 8.78 Å². The van der Waals surface area contributed by atoms with Gasteiger partial charge in [0.2, 0.25) is 0 Å². The Labute approximate surface area is 178 Å². The van der Waals surface area contributed by atoms with Gasteiger partial charge in [0.25, 0.3) is 0 Å². The summed E-state index contributed by atoms with van der Waals surface area (Å²) in [6.07, 6.45) is 1.01. The molecule has 1 heterocycles. The molecular formula is C21H22Cl2F2N2O2. The maximum Gasteiger partial charge on any atom is 0.323 e. The van der Waals surface area contributed by atoms with Gasteiger partial charge >= 0.3 is 5.97 Å². The van der Waals surface area contributed by atoms with Crippen LogP contribution in [0.3, 0.4) is 0 Å². The number of likely N-dealkylation sites (tertiary alicyclic amines) is 1. The second-order valence-corrected chi connectivity index (χ2v) is 7.90. The van der Waals surface area contributed by atoms with E-state index in [-0.39, 0.29) is 18.1 Å². The third kappa shape index (κ3) is 5.66. The Kier molecular flexibility index (Phi) is 7.46. The molecular weight excluding hydrogens is 421 g/mol. The van der Waals surface area contributed by atoms with Crippen molar-refractivity contribution in [1.82, 2.24) is 10.2 Å². The molecule has 0 amide bonds. The van der Waals surface area contributed by atoms with Crippen molar-refractivity contribution >= 4 is 29.2 Å². The fourth-order valence-corrected chi connectivity index (χ4v) is 3.94. The highest BCUT2D eigenvalue weighted by atomic mass is 35.5. The SMILES string of the molecule is COC(=O)[C@@H]1C[C@H](NCCc2ccc(F)cc2F)CN1Cc1ccc(Cl)c(Cl)c1. The minimum Gasteiger partial charge on any atom is -0.468 e. The summed E-state index contributed by atoms with van der Waals surface area (Å²) in [5.74, 6) is -1.43. The average Bonchev–Trinajstić information content (AvgIpc) is 3.08. The Morgan fingerprint density at radius 1 is 1.21 bits per heavy atom. The third-order valence-electron chi connectivity index (χ3n) is 5.09. The summed E-state index contributed by atoms with van der Waals surface area (Å²) in [5.41, 5.74) is 1.40. The number of benzene rings is 2. The highest BCUT2D eigenvalue weighted by Gasteiger charge is 2.37. The minimum atomic E-state index is -0.589. The first-order valence-electron chi connectivity index (χ1n) is 9.30. The summed E-state index contributed by atoms with van der Waals surface area (Å²) in [6, 6.07) is 8.65. The van der Waals surface area contributed by atoms with Gasteiger partial charge in [0.15, 0.2) is 0 Å². The van der Waals surface area contributed by atoms with E-state index >= 15 is 0 Å². The predicted octanol–water partition coefficient (Wildman–Crippen LogP) is 4.22. The standard InChI is InChI=1S/C21H22Cl2F2N2O2/c1-29-21(28)20-10-16(26-7-6-14-3-4-15(24)9-19(14)25)12-27(20)11-13-2-5-17(22)18(23)8-13/h2-5,8-9,16,20,26H,6-7,10-12H2,1H3/t16-,20-/m0/s1. The maximum absolute atomic E-state index is 13.8.